The Balaban J connectivity index is 2.66. The topological polar surface area (TPSA) is 26.3 Å². The van der Waals surface area contributed by atoms with E-state index in [9.17, 15) is 4.79 Å². The number of carbonyl (C=O) groups is 1. The van der Waals surface area contributed by atoms with Crippen LogP contribution in [0.15, 0.2) is 24.3 Å². The highest BCUT2D eigenvalue weighted by Crippen LogP contribution is 2.28. The van der Waals surface area contributed by atoms with Crippen LogP contribution in [0.3, 0.4) is 0 Å². The van der Waals surface area contributed by atoms with E-state index in [0.29, 0.717) is 4.88 Å². The van der Waals surface area contributed by atoms with E-state index in [1.807, 2.05) is 18.2 Å². The molecule has 0 spiro atoms. The van der Waals surface area contributed by atoms with Crippen molar-refractivity contribution in [2.24, 2.45) is 0 Å². The van der Waals surface area contributed by atoms with Crippen LogP contribution in [0.25, 0.3) is 10.1 Å². The molecule has 15 heavy (non-hydrogen) atoms. The lowest BCUT2D eigenvalue weighted by Crippen LogP contribution is -1.96. The molecule has 0 unspecified atom stereocenters. The SMILES string of the molecule is C#Cc1cccc2sc(C(=O)OC)cc12. The lowest BCUT2D eigenvalue weighted by atomic mass is 10.1. The zero-order chi connectivity index (χ0) is 10.8. The summed E-state index contributed by atoms with van der Waals surface area (Å²) in [5.74, 6) is 2.27. The number of hydrogen-bond acceptors (Lipinski definition) is 3. The van der Waals surface area contributed by atoms with Crippen molar-refractivity contribution < 1.29 is 9.53 Å². The molecule has 2 rings (SSSR count). The molecule has 3 heteroatoms. The second kappa shape index (κ2) is 3.76. The summed E-state index contributed by atoms with van der Waals surface area (Å²) in [7, 11) is 1.37. The van der Waals surface area contributed by atoms with Crippen molar-refractivity contribution in [3.05, 3.63) is 34.7 Å². The molecule has 1 aromatic carbocycles. The van der Waals surface area contributed by atoms with Crippen LogP contribution in [0.5, 0.6) is 0 Å². The summed E-state index contributed by atoms with van der Waals surface area (Å²) in [5, 5.41) is 0.936. The van der Waals surface area contributed by atoms with Gasteiger partial charge < -0.3 is 4.74 Å². The normalized spacial score (nSPS) is 9.87. The minimum atomic E-state index is -0.320. The molecule has 0 fully saturated rings. The minimum absolute atomic E-state index is 0.320. The van der Waals surface area contributed by atoms with Gasteiger partial charge in [0.1, 0.15) is 4.88 Å². The fourth-order valence-electron chi connectivity index (χ4n) is 1.39. The molecule has 0 saturated heterocycles. The van der Waals surface area contributed by atoms with Gasteiger partial charge in [0.2, 0.25) is 0 Å². The van der Waals surface area contributed by atoms with Gasteiger partial charge in [0.25, 0.3) is 0 Å². The fourth-order valence-corrected chi connectivity index (χ4v) is 2.39. The number of fused-ring (bicyclic) bond motifs is 1. The average Bonchev–Trinajstić information content (AvgIpc) is 2.71. The largest absolute Gasteiger partial charge is 0.465 e. The zero-order valence-corrected chi connectivity index (χ0v) is 8.93. The highest BCUT2D eigenvalue weighted by Gasteiger charge is 2.11. The van der Waals surface area contributed by atoms with Gasteiger partial charge >= 0.3 is 5.97 Å². The summed E-state index contributed by atoms with van der Waals surface area (Å²) in [4.78, 5) is 11.9. The number of methoxy groups -OCH3 is 1. The summed E-state index contributed by atoms with van der Waals surface area (Å²) in [6, 6.07) is 7.46. The van der Waals surface area contributed by atoms with Crippen molar-refractivity contribution in [1.82, 2.24) is 0 Å². The first-order chi connectivity index (χ1) is 7.26. The molecular weight excluding hydrogens is 208 g/mol. The smallest absolute Gasteiger partial charge is 0.348 e. The first-order valence-corrected chi connectivity index (χ1v) is 5.15. The summed E-state index contributed by atoms with van der Waals surface area (Å²) in [6.45, 7) is 0. The number of ether oxygens (including phenoxy) is 1. The summed E-state index contributed by atoms with van der Waals surface area (Å²) >= 11 is 1.39. The van der Waals surface area contributed by atoms with Crippen LogP contribution < -0.4 is 0 Å². The number of thiophene rings is 1. The van der Waals surface area contributed by atoms with Gasteiger partial charge in [0.05, 0.1) is 7.11 Å². The Bertz CT molecular complexity index is 560. The second-order valence-corrected chi connectivity index (χ2v) is 4.05. The van der Waals surface area contributed by atoms with Gasteiger partial charge in [-0.3, -0.25) is 0 Å². The van der Waals surface area contributed by atoms with Gasteiger partial charge in [0.15, 0.2) is 0 Å². The Morgan fingerprint density at radius 1 is 1.53 bits per heavy atom. The number of esters is 1. The maximum absolute atomic E-state index is 11.3. The van der Waals surface area contributed by atoms with Crippen molar-refractivity contribution >= 4 is 27.4 Å². The number of terminal acetylenes is 1. The average molecular weight is 216 g/mol. The van der Waals surface area contributed by atoms with Crippen molar-refractivity contribution in [2.75, 3.05) is 7.11 Å². The molecule has 0 N–H and O–H groups in total. The van der Waals surface area contributed by atoms with Crippen LogP contribution in [-0.4, -0.2) is 13.1 Å². The first kappa shape index (κ1) is 9.75. The number of benzene rings is 1. The highest BCUT2D eigenvalue weighted by atomic mass is 32.1. The van der Waals surface area contributed by atoms with Gasteiger partial charge in [-0.05, 0) is 18.2 Å². The molecule has 2 nitrogen and oxygen atoms in total. The summed E-state index contributed by atoms with van der Waals surface area (Å²) in [6.07, 6.45) is 5.37. The van der Waals surface area contributed by atoms with E-state index >= 15 is 0 Å². The monoisotopic (exact) mass is 216 g/mol. The second-order valence-electron chi connectivity index (χ2n) is 2.96. The van der Waals surface area contributed by atoms with E-state index in [2.05, 4.69) is 10.7 Å². The molecule has 0 aliphatic rings. The van der Waals surface area contributed by atoms with Crippen LogP contribution in [0.4, 0.5) is 0 Å². The van der Waals surface area contributed by atoms with Gasteiger partial charge in [0, 0.05) is 15.6 Å². The molecule has 74 valence electrons. The molecule has 0 bridgehead atoms. The van der Waals surface area contributed by atoms with Gasteiger partial charge in [-0.2, -0.15) is 0 Å². The molecule has 1 aromatic heterocycles. The Morgan fingerprint density at radius 3 is 3.00 bits per heavy atom. The molecule has 0 aliphatic heterocycles. The zero-order valence-electron chi connectivity index (χ0n) is 8.11. The maximum Gasteiger partial charge on any atom is 0.348 e. The predicted molar refractivity (Wildman–Crippen MR) is 61.1 cm³/mol. The number of carbonyl (C=O) groups excluding carboxylic acids is 1. The minimum Gasteiger partial charge on any atom is -0.465 e. The molecular formula is C12H8O2S. The lowest BCUT2D eigenvalue weighted by molar-refractivity contribution is 0.0606. The van der Waals surface area contributed by atoms with E-state index in [-0.39, 0.29) is 5.97 Å². The van der Waals surface area contributed by atoms with Crippen molar-refractivity contribution in [1.29, 1.82) is 0 Å². The molecule has 0 amide bonds. The van der Waals surface area contributed by atoms with Crippen LogP contribution >= 0.6 is 11.3 Å². The van der Waals surface area contributed by atoms with Crippen LogP contribution in [-0.2, 0) is 4.74 Å². The molecule has 0 radical (unpaired) electrons. The molecule has 2 aromatic rings. The Labute approximate surface area is 91.5 Å². The third-order valence-electron chi connectivity index (χ3n) is 2.10. The van der Waals surface area contributed by atoms with E-state index in [1.165, 1.54) is 18.4 Å². The summed E-state index contributed by atoms with van der Waals surface area (Å²) < 4.78 is 5.66. The quantitative estimate of drug-likeness (QED) is 0.541. The third kappa shape index (κ3) is 1.60. The maximum atomic E-state index is 11.3. The Hall–Kier alpha value is -1.79. The van der Waals surface area contributed by atoms with Crippen LogP contribution in [0.2, 0.25) is 0 Å². The van der Waals surface area contributed by atoms with Crippen LogP contribution in [0, 0.1) is 12.3 Å². The number of rotatable bonds is 1. The Kier molecular flexibility index (Phi) is 2.44. The van der Waals surface area contributed by atoms with Crippen molar-refractivity contribution in [3.63, 3.8) is 0 Å². The first-order valence-electron chi connectivity index (χ1n) is 4.33. The molecule has 0 aliphatic carbocycles. The fraction of sp³-hybridized carbons (Fsp3) is 0.0833. The van der Waals surface area contributed by atoms with E-state index in [1.54, 1.807) is 6.07 Å². The van der Waals surface area contributed by atoms with Gasteiger partial charge in [-0.15, -0.1) is 17.8 Å². The van der Waals surface area contributed by atoms with E-state index in [4.69, 9.17) is 6.42 Å². The highest BCUT2D eigenvalue weighted by molar-refractivity contribution is 7.20. The van der Waals surface area contributed by atoms with E-state index < -0.39 is 0 Å². The van der Waals surface area contributed by atoms with Crippen LogP contribution in [0.1, 0.15) is 15.2 Å². The van der Waals surface area contributed by atoms with Crippen molar-refractivity contribution in [2.45, 2.75) is 0 Å². The summed E-state index contributed by atoms with van der Waals surface area (Å²) in [5.41, 5.74) is 0.805. The lowest BCUT2D eigenvalue weighted by Gasteiger charge is -1.91. The Morgan fingerprint density at radius 2 is 2.33 bits per heavy atom. The third-order valence-corrected chi connectivity index (χ3v) is 3.18. The van der Waals surface area contributed by atoms with E-state index in [0.717, 1.165) is 15.6 Å². The molecule has 0 saturated carbocycles. The standard InChI is InChI=1S/C12H8O2S/c1-3-8-5-4-6-10-9(8)7-11(15-10)12(13)14-2/h1,4-7H,2H3. The predicted octanol–water partition coefficient (Wildman–Crippen LogP) is 2.67. The van der Waals surface area contributed by atoms with Gasteiger partial charge in [-0.1, -0.05) is 12.0 Å². The number of hydrogen-bond donors (Lipinski definition) is 0. The molecule has 1 heterocycles. The van der Waals surface area contributed by atoms with Crippen molar-refractivity contribution in [3.8, 4) is 12.3 Å². The molecule has 0 atom stereocenters. The van der Waals surface area contributed by atoms with Gasteiger partial charge in [-0.25, -0.2) is 4.79 Å².